The van der Waals surface area contributed by atoms with Gasteiger partial charge in [-0.05, 0) is 63.1 Å². The summed E-state index contributed by atoms with van der Waals surface area (Å²) >= 11 is 0. The van der Waals surface area contributed by atoms with Crippen LogP contribution in [0.25, 0.3) is 0 Å². The molecule has 0 aliphatic carbocycles. The van der Waals surface area contributed by atoms with E-state index in [1.165, 1.54) is 12.1 Å². The Bertz CT molecular complexity index is 875. The number of nitrogens with zero attached hydrogens (tertiary/aromatic N) is 2. The molecular weight excluding hydrogens is 393 g/mol. The molecule has 0 bridgehead atoms. The Morgan fingerprint density at radius 3 is 2.27 bits per heavy atom. The van der Waals surface area contributed by atoms with Crippen LogP contribution in [0.1, 0.15) is 42.6 Å². The Kier molecular flexibility index (Phi) is 6.71. The average Bonchev–Trinajstić information content (AvgIpc) is 2.72. The number of rotatable bonds is 5. The summed E-state index contributed by atoms with van der Waals surface area (Å²) in [6, 6.07) is 11.9. The Hall–Kier alpha value is -2.54. The van der Waals surface area contributed by atoms with Gasteiger partial charge in [0.1, 0.15) is 11.5 Å². The molecule has 0 atom stereocenters. The fourth-order valence-corrected chi connectivity index (χ4v) is 3.72. The van der Waals surface area contributed by atoms with Gasteiger partial charge in [0.05, 0.1) is 5.56 Å². The fourth-order valence-electron chi connectivity index (χ4n) is 3.72. The standard InChI is InChI=1S/C23H27F3N2O2/c1-16(2)28-12-10-19(11-13-28)27(3)22(29)17-6-4-8-20(14-17)30-21-9-5-7-18(15-21)23(24,25)26/h4-9,14-16,19H,10-13H2,1-3H3. The summed E-state index contributed by atoms with van der Waals surface area (Å²) in [5.74, 6) is 0.277. The van der Waals surface area contributed by atoms with Crippen molar-refractivity contribution in [3.8, 4) is 11.5 Å². The number of carbonyl (C=O) groups excluding carboxylic acids is 1. The predicted molar refractivity (Wildman–Crippen MR) is 110 cm³/mol. The van der Waals surface area contributed by atoms with Gasteiger partial charge in [0.25, 0.3) is 5.91 Å². The van der Waals surface area contributed by atoms with Crippen LogP contribution in [0, 0.1) is 0 Å². The third-order valence-corrected chi connectivity index (χ3v) is 5.58. The second-order valence-corrected chi connectivity index (χ2v) is 7.93. The minimum atomic E-state index is -4.44. The van der Waals surface area contributed by atoms with E-state index >= 15 is 0 Å². The molecule has 30 heavy (non-hydrogen) atoms. The van der Waals surface area contributed by atoms with Crippen molar-refractivity contribution in [1.82, 2.24) is 9.80 Å². The summed E-state index contributed by atoms with van der Waals surface area (Å²) in [5, 5.41) is 0. The molecule has 0 N–H and O–H groups in total. The highest BCUT2D eigenvalue weighted by Crippen LogP contribution is 2.33. The van der Waals surface area contributed by atoms with E-state index < -0.39 is 11.7 Å². The van der Waals surface area contributed by atoms with Crippen molar-refractivity contribution in [2.24, 2.45) is 0 Å². The summed E-state index contributed by atoms with van der Waals surface area (Å²) in [5.41, 5.74) is -0.326. The van der Waals surface area contributed by atoms with Crippen LogP contribution in [0.15, 0.2) is 48.5 Å². The number of likely N-dealkylation sites (tertiary alicyclic amines) is 1. The van der Waals surface area contributed by atoms with Crippen molar-refractivity contribution < 1.29 is 22.7 Å². The van der Waals surface area contributed by atoms with Gasteiger partial charge >= 0.3 is 6.18 Å². The van der Waals surface area contributed by atoms with Crippen molar-refractivity contribution in [2.75, 3.05) is 20.1 Å². The lowest BCUT2D eigenvalue weighted by atomic mass is 10.0. The lowest BCUT2D eigenvalue weighted by Crippen LogP contribution is -2.47. The van der Waals surface area contributed by atoms with Crippen molar-refractivity contribution in [1.29, 1.82) is 0 Å². The molecule has 0 radical (unpaired) electrons. The molecule has 1 aliphatic heterocycles. The summed E-state index contributed by atoms with van der Waals surface area (Å²) < 4.78 is 44.3. The minimum Gasteiger partial charge on any atom is -0.457 e. The highest BCUT2D eigenvalue weighted by Gasteiger charge is 2.31. The largest absolute Gasteiger partial charge is 0.457 e. The van der Waals surface area contributed by atoms with Crippen molar-refractivity contribution in [2.45, 2.75) is 44.9 Å². The van der Waals surface area contributed by atoms with E-state index in [4.69, 9.17) is 4.74 Å². The lowest BCUT2D eigenvalue weighted by molar-refractivity contribution is -0.137. The predicted octanol–water partition coefficient (Wildman–Crippen LogP) is 5.44. The summed E-state index contributed by atoms with van der Waals surface area (Å²) in [4.78, 5) is 17.1. The fraction of sp³-hybridized carbons (Fsp3) is 0.435. The summed E-state index contributed by atoms with van der Waals surface area (Å²) in [6.45, 7) is 6.26. The first kappa shape index (κ1) is 22.2. The zero-order valence-electron chi connectivity index (χ0n) is 17.4. The van der Waals surface area contributed by atoms with Gasteiger partial charge in [-0.3, -0.25) is 4.79 Å². The molecule has 0 aromatic heterocycles. The van der Waals surface area contributed by atoms with Crippen LogP contribution in [0.3, 0.4) is 0 Å². The number of alkyl halides is 3. The van der Waals surface area contributed by atoms with Crippen molar-refractivity contribution >= 4 is 5.91 Å². The highest BCUT2D eigenvalue weighted by atomic mass is 19.4. The molecule has 1 heterocycles. The second kappa shape index (κ2) is 9.08. The minimum absolute atomic E-state index is 0.0730. The van der Waals surface area contributed by atoms with Crippen LogP contribution in [-0.2, 0) is 6.18 Å². The van der Waals surface area contributed by atoms with Gasteiger partial charge in [0.2, 0.25) is 0 Å². The van der Waals surface area contributed by atoms with E-state index in [0.717, 1.165) is 38.1 Å². The molecule has 0 spiro atoms. The summed E-state index contributed by atoms with van der Waals surface area (Å²) in [6.07, 6.45) is -2.60. The number of ether oxygens (including phenoxy) is 1. The van der Waals surface area contributed by atoms with Crippen LogP contribution in [0.4, 0.5) is 13.2 Å². The first-order chi connectivity index (χ1) is 14.1. The normalized spacial score (nSPS) is 16.0. The van der Waals surface area contributed by atoms with Crippen molar-refractivity contribution in [3.63, 3.8) is 0 Å². The van der Waals surface area contributed by atoms with Gasteiger partial charge in [0.15, 0.2) is 0 Å². The number of hydrogen-bond acceptors (Lipinski definition) is 3. The molecule has 4 nitrogen and oxygen atoms in total. The number of piperidine rings is 1. The van der Waals surface area contributed by atoms with E-state index in [1.54, 1.807) is 36.2 Å². The number of amides is 1. The molecular formula is C23H27F3N2O2. The first-order valence-electron chi connectivity index (χ1n) is 10.1. The smallest absolute Gasteiger partial charge is 0.416 e. The van der Waals surface area contributed by atoms with Crippen molar-refractivity contribution in [3.05, 3.63) is 59.7 Å². The molecule has 1 saturated heterocycles. The van der Waals surface area contributed by atoms with E-state index in [0.29, 0.717) is 17.4 Å². The van der Waals surface area contributed by atoms with Gasteiger partial charge in [-0.1, -0.05) is 12.1 Å². The molecule has 1 amide bonds. The molecule has 2 aromatic rings. The molecule has 162 valence electrons. The van der Waals surface area contributed by atoms with Crippen LogP contribution in [0.5, 0.6) is 11.5 Å². The molecule has 0 unspecified atom stereocenters. The van der Waals surface area contributed by atoms with Gasteiger partial charge in [-0.25, -0.2) is 0 Å². The second-order valence-electron chi connectivity index (χ2n) is 7.93. The topological polar surface area (TPSA) is 32.8 Å². The number of benzene rings is 2. The lowest BCUT2D eigenvalue weighted by Gasteiger charge is -2.38. The van der Waals surface area contributed by atoms with Gasteiger partial charge in [-0.15, -0.1) is 0 Å². The van der Waals surface area contributed by atoms with Gasteiger partial charge in [0, 0.05) is 37.8 Å². The van der Waals surface area contributed by atoms with Crippen LogP contribution >= 0.6 is 0 Å². The number of halogens is 3. The molecule has 1 aliphatic rings. The maximum absolute atomic E-state index is 13.0. The SMILES string of the molecule is CC(C)N1CCC(N(C)C(=O)c2cccc(Oc3cccc(C(F)(F)F)c3)c2)CC1. The summed E-state index contributed by atoms with van der Waals surface area (Å²) in [7, 11) is 1.80. The molecule has 3 rings (SSSR count). The van der Waals surface area contributed by atoms with E-state index in [9.17, 15) is 18.0 Å². The maximum atomic E-state index is 13.0. The zero-order valence-corrected chi connectivity index (χ0v) is 17.4. The van der Waals surface area contributed by atoms with Crippen LogP contribution in [0.2, 0.25) is 0 Å². The van der Waals surface area contributed by atoms with Crippen LogP contribution in [-0.4, -0.2) is 47.9 Å². The Labute approximate surface area is 175 Å². The monoisotopic (exact) mass is 420 g/mol. The molecule has 0 saturated carbocycles. The third-order valence-electron chi connectivity index (χ3n) is 5.58. The molecule has 7 heteroatoms. The van der Waals surface area contributed by atoms with E-state index in [1.807, 2.05) is 0 Å². The maximum Gasteiger partial charge on any atom is 0.416 e. The molecule has 1 fully saturated rings. The quantitative estimate of drug-likeness (QED) is 0.646. The Morgan fingerprint density at radius 2 is 1.67 bits per heavy atom. The Morgan fingerprint density at radius 1 is 1.07 bits per heavy atom. The first-order valence-corrected chi connectivity index (χ1v) is 10.1. The Balaban J connectivity index is 1.68. The highest BCUT2D eigenvalue weighted by molar-refractivity contribution is 5.94. The average molecular weight is 420 g/mol. The number of hydrogen-bond donors (Lipinski definition) is 0. The van der Waals surface area contributed by atoms with Gasteiger partial charge < -0.3 is 14.5 Å². The zero-order chi connectivity index (χ0) is 21.9. The number of carbonyl (C=O) groups is 1. The van der Waals surface area contributed by atoms with Gasteiger partial charge in [-0.2, -0.15) is 13.2 Å². The third kappa shape index (κ3) is 5.33. The molecule has 2 aromatic carbocycles. The van der Waals surface area contributed by atoms with E-state index in [2.05, 4.69) is 18.7 Å². The van der Waals surface area contributed by atoms with E-state index in [-0.39, 0.29) is 17.7 Å². The van der Waals surface area contributed by atoms with Crippen LogP contribution < -0.4 is 4.74 Å².